The molecule has 5 nitrogen and oxygen atoms in total. The summed E-state index contributed by atoms with van der Waals surface area (Å²) in [6, 6.07) is 12.6. The molecule has 0 spiro atoms. The van der Waals surface area contributed by atoms with Gasteiger partial charge in [-0.3, -0.25) is 4.79 Å². The maximum absolute atomic E-state index is 12.1. The van der Waals surface area contributed by atoms with Gasteiger partial charge in [-0.25, -0.2) is 0 Å². The maximum atomic E-state index is 12.1. The number of rotatable bonds is 8. The Kier molecular flexibility index (Phi) is 6.95. The Balaban J connectivity index is 1.87. The number of hydrogen-bond donors (Lipinski definition) is 2. The fraction of sp³-hybridized carbons (Fsp3) is 0.316. The minimum absolute atomic E-state index is 0.125. The minimum atomic E-state index is -0.159. The summed E-state index contributed by atoms with van der Waals surface area (Å²) in [5.41, 5.74) is 1.44. The van der Waals surface area contributed by atoms with Crippen LogP contribution in [0.25, 0.3) is 0 Å². The van der Waals surface area contributed by atoms with Crippen LogP contribution in [-0.2, 0) is 4.79 Å². The molecule has 0 heterocycles. The molecule has 0 saturated carbocycles. The highest BCUT2D eigenvalue weighted by Crippen LogP contribution is 2.27. The predicted molar refractivity (Wildman–Crippen MR) is 102 cm³/mol. The molecular weight excluding hydrogens is 340 g/mol. The van der Waals surface area contributed by atoms with E-state index in [1.807, 2.05) is 24.3 Å². The number of hydrogen-bond acceptors (Lipinski definition) is 4. The number of amides is 1. The van der Waals surface area contributed by atoms with Crippen molar-refractivity contribution in [2.45, 2.75) is 13.8 Å². The molecule has 2 rings (SSSR count). The highest BCUT2D eigenvalue weighted by atomic mass is 35.5. The van der Waals surface area contributed by atoms with Gasteiger partial charge in [0.1, 0.15) is 11.5 Å². The third-order valence-electron chi connectivity index (χ3n) is 3.31. The van der Waals surface area contributed by atoms with Crippen LogP contribution in [0.5, 0.6) is 11.5 Å². The quantitative estimate of drug-likeness (QED) is 0.729. The largest absolute Gasteiger partial charge is 0.495 e. The van der Waals surface area contributed by atoms with Gasteiger partial charge >= 0.3 is 0 Å². The summed E-state index contributed by atoms with van der Waals surface area (Å²) in [6.07, 6.45) is 0. The summed E-state index contributed by atoms with van der Waals surface area (Å²) in [5.74, 6) is 1.61. The number of methoxy groups -OCH3 is 1. The van der Waals surface area contributed by atoms with Gasteiger partial charge in [0.25, 0.3) is 0 Å². The number of carbonyl (C=O) groups is 1. The fourth-order valence-corrected chi connectivity index (χ4v) is 2.35. The number of anilines is 2. The zero-order valence-corrected chi connectivity index (χ0v) is 15.4. The molecule has 2 aromatic rings. The monoisotopic (exact) mass is 362 g/mol. The van der Waals surface area contributed by atoms with Crippen LogP contribution in [0, 0.1) is 5.92 Å². The van der Waals surface area contributed by atoms with E-state index in [2.05, 4.69) is 24.5 Å². The number of ether oxygens (including phenoxy) is 2. The molecule has 2 N–H and O–H groups in total. The zero-order valence-electron chi connectivity index (χ0n) is 14.6. The lowest BCUT2D eigenvalue weighted by Crippen LogP contribution is -2.21. The van der Waals surface area contributed by atoms with Crippen LogP contribution in [-0.4, -0.2) is 26.2 Å². The summed E-state index contributed by atoms with van der Waals surface area (Å²) < 4.78 is 10.8. The maximum Gasteiger partial charge on any atom is 0.243 e. The van der Waals surface area contributed by atoms with Gasteiger partial charge in [0.2, 0.25) is 5.91 Å². The summed E-state index contributed by atoms with van der Waals surface area (Å²) in [7, 11) is 1.56. The van der Waals surface area contributed by atoms with E-state index in [-0.39, 0.29) is 12.5 Å². The van der Waals surface area contributed by atoms with Gasteiger partial charge in [-0.05, 0) is 36.2 Å². The van der Waals surface area contributed by atoms with Crippen molar-refractivity contribution in [3.63, 3.8) is 0 Å². The van der Waals surface area contributed by atoms with Gasteiger partial charge in [0.05, 0.1) is 25.3 Å². The molecule has 0 aromatic heterocycles. The minimum Gasteiger partial charge on any atom is -0.495 e. The van der Waals surface area contributed by atoms with Crippen LogP contribution >= 0.6 is 11.6 Å². The first-order valence-corrected chi connectivity index (χ1v) is 8.46. The van der Waals surface area contributed by atoms with Crippen LogP contribution in [0.4, 0.5) is 11.4 Å². The van der Waals surface area contributed by atoms with Gasteiger partial charge < -0.3 is 20.1 Å². The molecule has 0 aliphatic rings. The fourth-order valence-electron chi connectivity index (χ4n) is 2.09. The number of benzene rings is 2. The van der Waals surface area contributed by atoms with Crippen molar-refractivity contribution in [3.05, 3.63) is 47.5 Å². The molecule has 0 aliphatic carbocycles. The van der Waals surface area contributed by atoms with Crippen LogP contribution in [0.3, 0.4) is 0 Å². The van der Waals surface area contributed by atoms with Crippen molar-refractivity contribution in [2.75, 3.05) is 30.9 Å². The lowest BCUT2D eigenvalue weighted by Gasteiger charge is -2.12. The average molecular weight is 363 g/mol. The SMILES string of the molecule is COc1ccc(NCC(=O)Nc2cccc(OCC(C)C)c2)cc1Cl. The van der Waals surface area contributed by atoms with Crippen LogP contribution in [0.1, 0.15) is 13.8 Å². The Bertz CT molecular complexity index is 720. The van der Waals surface area contributed by atoms with Crippen molar-refractivity contribution in [1.82, 2.24) is 0 Å². The number of halogens is 1. The molecule has 25 heavy (non-hydrogen) atoms. The second kappa shape index (κ2) is 9.18. The molecule has 0 atom stereocenters. The van der Waals surface area contributed by atoms with Crippen molar-refractivity contribution >= 4 is 28.9 Å². The Morgan fingerprint density at radius 3 is 2.64 bits per heavy atom. The first-order valence-electron chi connectivity index (χ1n) is 8.08. The first kappa shape index (κ1) is 18.9. The lowest BCUT2D eigenvalue weighted by atomic mass is 10.2. The Hall–Kier alpha value is -2.40. The van der Waals surface area contributed by atoms with E-state index in [1.165, 1.54) is 0 Å². The summed E-state index contributed by atoms with van der Waals surface area (Å²) in [4.78, 5) is 12.1. The van der Waals surface area contributed by atoms with E-state index in [0.29, 0.717) is 29.0 Å². The Morgan fingerprint density at radius 1 is 1.16 bits per heavy atom. The Morgan fingerprint density at radius 2 is 1.96 bits per heavy atom. The van der Waals surface area contributed by atoms with Crippen molar-refractivity contribution < 1.29 is 14.3 Å². The topological polar surface area (TPSA) is 59.6 Å². The first-order chi connectivity index (χ1) is 12.0. The van der Waals surface area contributed by atoms with Gasteiger partial charge in [-0.15, -0.1) is 0 Å². The van der Waals surface area contributed by atoms with E-state index >= 15 is 0 Å². The molecule has 134 valence electrons. The summed E-state index contributed by atoms with van der Waals surface area (Å²) in [6.45, 7) is 4.93. The van der Waals surface area contributed by atoms with E-state index < -0.39 is 0 Å². The average Bonchev–Trinajstić information content (AvgIpc) is 2.58. The van der Waals surface area contributed by atoms with Crippen LogP contribution in [0.2, 0.25) is 5.02 Å². The highest BCUT2D eigenvalue weighted by Gasteiger charge is 2.06. The molecule has 2 aromatic carbocycles. The summed E-state index contributed by atoms with van der Waals surface area (Å²) >= 11 is 6.06. The second-order valence-electron chi connectivity index (χ2n) is 5.98. The van der Waals surface area contributed by atoms with Crippen LogP contribution in [0.15, 0.2) is 42.5 Å². The molecule has 0 unspecified atom stereocenters. The normalized spacial score (nSPS) is 10.4. The van der Waals surface area contributed by atoms with E-state index in [9.17, 15) is 4.79 Å². The zero-order chi connectivity index (χ0) is 18.2. The third kappa shape index (κ3) is 6.19. The van der Waals surface area contributed by atoms with Crippen LogP contribution < -0.4 is 20.1 Å². The van der Waals surface area contributed by atoms with Crippen molar-refractivity contribution in [2.24, 2.45) is 5.92 Å². The standard InChI is InChI=1S/C19H23ClN2O3/c1-13(2)12-25-16-6-4-5-15(9-16)22-19(23)11-21-14-7-8-18(24-3)17(20)10-14/h4-10,13,21H,11-12H2,1-3H3,(H,22,23). The van der Waals surface area contributed by atoms with Gasteiger partial charge in [-0.2, -0.15) is 0 Å². The van der Waals surface area contributed by atoms with E-state index in [0.717, 1.165) is 11.4 Å². The number of nitrogens with one attached hydrogen (secondary N) is 2. The predicted octanol–water partition coefficient (Wildman–Crippen LogP) is 4.43. The molecule has 6 heteroatoms. The summed E-state index contributed by atoms with van der Waals surface area (Å²) in [5, 5.41) is 6.36. The second-order valence-corrected chi connectivity index (χ2v) is 6.39. The molecular formula is C19H23ClN2O3. The van der Waals surface area contributed by atoms with E-state index in [1.54, 1.807) is 25.3 Å². The smallest absolute Gasteiger partial charge is 0.243 e. The number of carbonyl (C=O) groups excluding carboxylic acids is 1. The molecule has 0 fully saturated rings. The van der Waals surface area contributed by atoms with Crippen molar-refractivity contribution in [1.29, 1.82) is 0 Å². The van der Waals surface area contributed by atoms with Gasteiger partial charge in [0, 0.05) is 17.4 Å². The molecule has 1 amide bonds. The molecule has 0 aliphatic heterocycles. The van der Waals surface area contributed by atoms with Crippen molar-refractivity contribution in [3.8, 4) is 11.5 Å². The van der Waals surface area contributed by atoms with Gasteiger partial charge in [0.15, 0.2) is 0 Å². The molecule has 0 saturated heterocycles. The Labute approximate surface area is 153 Å². The molecule has 0 bridgehead atoms. The molecule has 0 radical (unpaired) electrons. The third-order valence-corrected chi connectivity index (χ3v) is 3.60. The highest BCUT2D eigenvalue weighted by molar-refractivity contribution is 6.32. The van der Waals surface area contributed by atoms with Gasteiger partial charge in [-0.1, -0.05) is 31.5 Å². The lowest BCUT2D eigenvalue weighted by molar-refractivity contribution is -0.114. The van der Waals surface area contributed by atoms with E-state index in [4.69, 9.17) is 21.1 Å².